The Kier molecular flexibility index (Phi) is 6.61. The molecular weight excluding hydrogens is 460 g/mol. The predicted octanol–water partition coefficient (Wildman–Crippen LogP) is 3.66. The number of amides is 1. The van der Waals surface area contributed by atoms with Crippen molar-refractivity contribution in [1.82, 2.24) is 19.0 Å². The van der Waals surface area contributed by atoms with Gasteiger partial charge in [-0.2, -0.15) is 9.40 Å². The first-order valence-corrected chi connectivity index (χ1v) is 12.6. The van der Waals surface area contributed by atoms with Crippen LogP contribution >= 0.6 is 11.6 Å². The van der Waals surface area contributed by atoms with Crippen molar-refractivity contribution in [3.63, 3.8) is 0 Å². The zero-order chi connectivity index (χ0) is 23.8. The minimum atomic E-state index is -3.62. The van der Waals surface area contributed by atoms with Gasteiger partial charge in [-0.05, 0) is 43.5 Å². The zero-order valence-electron chi connectivity index (χ0n) is 19.0. The molecule has 1 aliphatic heterocycles. The molecule has 3 aromatic rings. The summed E-state index contributed by atoms with van der Waals surface area (Å²) in [6, 6.07) is 15.2. The van der Waals surface area contributed by atoms with Gasteiger partial charge in [-0.15, -0.1) is 0 Å². The van der Waals surface area contributed by atoms with Crippen LogP contribution in [-0.2, 0) is 16.6 Å². The highest BCUT2D eigenvalue weighted by Crippen LogP contribution is 2.26. The van der Waals surface area contributed by atoms with Gasteiger partial charge in [0.2, 0.25) is 10.0 Å². The van der Waals surface area contributed by atoms with Gasteiger partial charge in [0.1, 0.15) is 5.15 Å². The van der Waals surface area contributed by atoms with Crippen LogP contribution in [0.25, 0.3) is 0 Å². The maximum atomic E-state index is 13.3. The molecule has 1 aliphatic rings. The fraction of sp³-hybridized carbons (Fsp3) is 0.333. The molecule has 0 N–H and O–H groups in total. The van der Waals surface area contributed by atoms with Crippen molar-refractivity contribution in [2.75, 3.05) is 26.2 Å². The van der Waals surface area contributed by atoms with Crippen molar-refractivity contribution in [1.29, 1.82) is 0 Å². The van der Waals surface area contributed by atoms with E-state index >= 15 is 0 Å². The van der Waals surface area contributed by atoms with Gasteiger partial charge >= 0.3 is 0 Å². The van der Waals surface area contributed by atoms with Crippen molar-refractivity contribution in [3.05, 3.63) is 81.6 Å². The largest absolute Gasteiger partial charge is 0.336 e. The Balaban J connectivity index is 1.48. The number of aryl methyl sites for hydroxylation is 3. The molecule has 0 unspecified atom stereocenters. The third kappa shape index (κ3) is 4.69. The molecule has 1 saturated heterocycles. The zero-order valence-corrected chi connectivity index (χ0v) is 20.5. The third-order valence-corrected chi connectivity index (χ3v) is 8.37. The maximum absolute atomic E-state index is 13.3. The first-order chi connectivity index (χ1) is 15.7. The second-order valence-corrected chi connectivity index (χ2v) is 10.6. The summed E-state index contributed by atoms with van der Waals surface area (Å²) in [6.07, 6.45) is 0. The van der Waals surface area contributed by atoms with E-state index in [1.54, 1.807) is 29.5 Å². The van der Waals surface area contributed by atoms with Crippen molar-refractivity contribution in [2.45, 2.75) is 32.2 Å². The van der Waals surface area contributed by atoms with Crippen molar-refractivity contribution < 1.29 is 13.2 Å². The number of nitrogens with zero attached hydrogens (tertiary/aromatic N) is 4. The second kappa shape index (κ2) is 9.29. The SMILES string of the molecule is Cc1ccc(C)c(S(=O)(=O)N2CCN(C(=O)c3c(C)nn(Cc4ccccc4)c3Cl)CC2)c1. The van der Waals surface area contributed by atoms with Crippen LogP contribution in [0.2, 0.25) is 5.15 Å². The van der Waals surface area contributed by atoms with E-state index in [0.29, 0.717) is 46.5 Å². The summed E-state index contributed by atoms with van der Waals surface area (Å²) >= 11 is 6.55. The lowest BCUT2D eigenvalue weighted by Gasteiger charge is -2.34. The van der Waals surface area contributed by atoms with Crippen LogP contribution in [-0.4, -0.2) is 59.5 Å². The van der Waals surface area contributed by atoms with Crippen LogP contribution in [0.3, 0.4) is 0 Å². The van der Waals surface area contributed by atoms with E-state index in [-0.39, 0.29) is 19.0 Å². The normalized spacial score (nSPS) is 15.1. The molecule has 0 bridgehead atoms. The highest BCUT2D eigenvalue weighted by Gasteiger charge is 2.33. The average molecular weight is 487 g/mol. The lowest BCUT2D eigenvalue weighted by molar-refractivity contribution is 0.0697. The summed E-state index contributed by atoms with van der Waals surface area (Å²) in [5, 5.41) is 4.76. The number of hydrogen-bond acceptors (Lipinski definition) is 4. The Morgan fingerprint density at radius 2 is 1.67 bits per heavy atom. The minimum absolute atomic E-state index is 0.222. The van der Waals surface area contributed by atoms with Gasteiger partial charge in [0.25, 0.3) is 5.91 Å². The molecule has 4 rings (SSSR count). The number of aromatic nitrogens is 2. The van der Waals surface area contributed by atoms with Gasteiger partial charge in [-0.1, -0.05) is 54.1 Å². The van der Waals surface area contributed by atoms with Gasteiger partial charge in [0, 0.05) is 26.2 Å². The lowest BCUT2D eigenvalue weighted by atomic mass is 10.2. The molecule has 33 heavy (non-hydrogen) atoms. The highest BCUT2D eigenvalue weighted by atomic mass is 35.5. The molecule has 1 fully saturated rings. The highest BCUT2D eigenvalue weighted by molar-refractivity contribution is 7.89. The van der Waals surface area contributed by atoms with Crippen molar-refractivity contribution in [3.8, 4) is 0 Å². The van der Waals surface area contributed by atoms with E-state index in [2.05, 4.69) is 5.10 Å². The molecule has 2 heterocycles. The summed E-state index contributed by atoms with van der Waals surface area (Å²) in [4.78, 5) is 15.2. The van der Waals surface area contributed by atoms with Crippen LogP contribution in [0, 0.1) is 20.8 Å². The molecule has 0 aliphatic carbocycles. The predicted molar refractivity (Wildman–Crippen MR) is 128 cm³/mol. The number of carbonyl (C=O) groups excluding carboxylic acids is 1. The molecule has 1 amide bonds. The summed E-state index contributed by atoms with van der Waals surface area (Å²) in [5.41, 5.74) is 3.58. The molecule has 7 nitrogen and oxygen atoms in total. The number of rotatable bonds is 5. The van der Waals surface area contributed by atoms with Gasteiger partial charge in [-0.25, -0.2) is 13.1 Å². The molecule has 0 radical (unpaired) electrons. The Bertz CT molecular complexity index is 1280. The average Bonchev–Trinajstić information content (AvgIpc) is 3.08. The fourth-order valence-electron chi connectivity index (χ4n) is 4.07. The molecule has 0 spiro atoms. The summed E-state index contributed by atoms with van der Waals surface area (Å²) < 4.78 is 29.4. The van der Waals surface area contributed by atoms with E-state index < -0.39 is 10.0 Å². The van der Waals surface area contributed by atoms with Crippen molar-refractivity contribution >= 4 is 27.5 Å². The van der Waals surface area contributed by atoms with Crippen LogP contribution in [0.4, 0.5) is 0 Å². The van der Waals surface area contributed by atoms with E-state index in [1.165, 1.54) is 4.31 Å². The Hall–Kier alpha value is -2.68. The van der Waals surface area contributed by atoms with Crippen LogP contribution in [0.1, 0.15) is 32.7 Å². The van der Waals surface area contributed by atoms with E-state index in [9.17, 15) is 13.2 Å². The molecule has 0 atom stereocenters. The number of benzene rings is 2. The van der Waals surface area contributed by atoms with Crippen LogP contribution in [0.15, 0.2) is 53.4 Å². The van der Waals surface area contributed by atoms with Gasteiger partial charge in [0.15, 0.2) is 0 Å². The molecular formula is C24H27ClN4O3S. The molecule has 2 aromatic carbocycles. The van der Waals surface area contributed by atoms with Gasteiger partial charge in [-0.3, -0.25) is 4.79 Å². The molecule has 1 aromatic heterocycles. The Morgan fingerprint density at radius 1 is 1.00 bits per heavy atom. The first kappa shape index (κ1) is 23.5. The van der Waals surface area contributed by atoms with E-state index in [0.717, 1.165) is 11.1 Å². The second-order valence-electron chi connectivity index (χ2n) is 8.36. The Labute approximate surface area is 199 Å². The molecule has 174 valence electrons. The lowest BCUT2D eigenvalue weighted by Crippen LogP contribution is -2.50. The smallest absolute Gasteiger partial charge is 0.258 e. The van der Waals surface area contributed by atoms with Crippen LogP contribution in [0.5, 0.6) is 0 Å². The van der Waals surface area contributed by atoms with Gasteiger partial charge in [0.05, 0.1) is 22.7 Å². The number of sulfonamides is 1. The fourth-order valence-corrected chi connectivity index (χ4v) is 6.12. The van der Waals surface area contributed by atoms with Crippen LogP contribution < -0.4 is 0 Å². The number of piperazine rings is 1. The first-order valence-electron chi connectivity index (χ1n) is 10.8. The maximum Gasteiger partial charge on any atom is 0.258 e. The van der Waals surface area contributed by atoms with E-state index in [4.69, 9.17) is 11.6 Å². The summed E-state index contributed by atoms with van der Waals surface area (Å²) in [7, 11) is -3.62. The third-order valence-electron chi connectivity index (χ3n) is 5.94. The molecule has 0 saturated carbocycles. The van der Waals surface area contributed by atoms with E-state index in [1.807, 2.05) is 49.4 Å². The quantitative estimate of drug-likeness (QED) is 0.551. The number of halogens is 1. The Morgan fingerprint density at radius 3 is 2.33 bits per heavy atom. The van der Waals surface area contributed by atoms with Crippen molar-refractivity contribution in [2.24, 2.45) is 0 Å². The standard InChI is InChI=1S/C24H27ClN4O3S/c1-17-9-10-18(2)21(15-17)33(31,32)28-13-11-27(12-14-28)24(30)22-19(3)26-29(23(22)25)16-20-7-5-4-6-8-20/h4-10,15H,11-14,16H2,1-3H3. The summed E-state index contributed by atoms with van der Waals surface area (Å²) in [6.45, 7) is 6.96. The molecule has 9 heteroatoms. The van der Waals surface area contributed by atoms with Gasteiger partial charge < -0.3 is 4.90 Å². The topological polar surface area (TPSA) is 75.5 Å². The number of carbonyl (C=O) groups is 1. The monoisotopic (exact) mass is 486 g/mol. The number of hydrogen-bond donors (Lipinski definition) is 0. The minimum Gasteiger partial charge on any atom is -0.336 e. The summed E-state index contributed by atoms with van der Waals surface area (Å²) in [5.74, 6) is -0.222.